The number of hydrogen-bond donors (Lipinski definition) is 1. The third-order valence-corrected chi connectivity index (χ3v) is 7.66. The van der Waals surface area contributed by atoms with Gasteiger partial charge in [0.05, 0.1) is 16.3 Å². The zero-order chi connectivity index (χ0) is 22.2. The van der Waals surface area contributed by atoms with E-state index in [0.29, 0.717) is 5.56 Å². The van der Waals surface area contributed by atoms with Gasteiger partial charge >= 0.3 is 0 Å². The van der Waals surface area contributed by atoms with Crippen molar-refractivity contribution < 1.29 is 9.53 Å². The molecule has 0 spiro atoms. The first-order valence-electron chi connectivity index (χ1n) is 10.7. The number of nitrogens with zero attached hydrogens (tertiary/aromatic N) is 2. The van der Waals surface area contributed by atoms with Crippen LogP contribution in [0.5, 0.6) is 5.75 Å². The number of rotatable bonds is 5. The van der Waals surface area contributed by atoms with Crippen LogP contribution in [0.1, 0.15) is 34.6 Å². The molecule has 4 aromatic rings. The lowest BCUT2D eigenvalue weighted by Crippen LogP contribution is -2.25. The first kappa shape index (κ1) is 23.7. The number of aromatic nitrogens is 1. The fraction of sp³-hybridized carbons (Fsp3) is 0.280. The van der Waals surface area contributed by atoms with Crippen molar-refractivity contribution in [3.63, 3.8) is 0 Å². The van der Waals surface area contributed by atoms with Gasteiger partial charge in [0.25, 0.3) is 5.91 Å². The van der Waals surface area contributed by atoms with E-state index in [9.17, 15) is 4.79 Å². The van der Waals surface area contributed by atoms with E-state index in [1.165, 1.54) is 10.4 Å². The maximum atomic E-state index is 13.1. The first-order valence-corrected chi connectivity index (χ1v) is 12.4. The van der Waals surface area contributed by atoms with Gasteiger partial charge in [0.15, 0.2) is 0 Å². The number of anilines is 1. The summed E-state index contributed by atoms with van der Waals surface area (Å²) in [5, 5.41) is 5.05. The molecular formula is C25H26ClN3O2S2. The lowest BCUT2D eigenvalue weighted by molar-refractivity contribution is 0.102. The van der Waals surface area contributed by atoms with Crippen molar-refractivity contribution in [1.29, 1.82) is 0 Å². The van der Waals surface area contributed by atoms with Gasteiger partial charge in [0, 0.05) is 29.1 Å². The fourth-order valence-electron chi connectivity index (χ4n) is 3.96. The molecule has 5 nitrogen and oxygen atoms in total. The van der Waals surface area contributed by atoms with Crippen LogP contribution in [0.2, 0.25) is 0 Å². The smallest absolute Gasteiger partial charge is 0.256 e. The highest BCUT2D eigenvalue weighted by Gasteiger charge is 2.27. The second-order valence-corrected chi connectivity index (χ2v) is 10.5. The van der Waals surface area contributed by atoms with Crippen molar-refractivity contribution in [2.75, 3.05) is 18.9 Å². The molecular weight excluding hydrogens is 474 g/mol. The van der Waals surface area contributed by atoms with Crippen LogP contribution in [-0.4, -0.2) is 35.5 Å². The Morgan fingerprint density at radius 3 is 2.61 bits per heavy atom. The Morgan fingerprint density at radius 2 is 1.88 bits per heavy atom. The van der Waals surface area contributed by atoms with Crippen LogP contribution in [-0.2, 0) is 13.0 Å². The van der Waals surface area contributed by atoms with Gasteiger partial charge in [-0.1, -0.05) is 12.1 Å². The Balaban J connectivity index is 0.00000259. The maximum absolute atomic E-state index is 13.1. The first-order chi connectivity index (χ1) is 15.5. The number of thiophene rings is 1. The van der Waals surface area contributed by atoms with Crippen molar-refractivity contribution in [2.24, 2.45) is 0 Å². The van der Waals surface area contributed by atoms with E-state index >= 15 is 0 Å². The molecule has 0 bridgehead atoms. The molecule has 0 saturated heterocycles. The van der Waals surface area contributed by atoms with Gasteiger partial charge in [-0.25, -0.2) is 4.98 Å². The summed E-state index contributed by atoms with van der Waals surface area (Å²) in [6.45, 7) is 5.88. The van der Waals surface area contributed by atoms with Crippen LogP contribution >= 0.6 is 35.1 Å². The second kappa shape index (κ2) is 9.81. The molecule has 2 aromatic carbocycles. The van der Waals surface area contributed by atoms with Crippen molar-refractivity contribution in [3.8, 4) is 16.3 Å². The van der Waals surface area contributed by atoms with Crippen molar-refractivity contribution >= 4 is 56.2 Å². The number of fused-ring (bicyclic) bond motifs is 2. The largest absolute Gasteiger partial charge is 0.491 e. The number of nitrogens with one attached hydrogen (secondary N) is 1. The highest BCUT2D eigenvalue weighted by Crippen LogP contribution is 2.45. The molecule has 5 rings (SSSR count). The highest BCUT2D eigenvalue weighted by atomic mass is 35.5. The summed E-state index contributed by atoms with van der Waals surface area (Å²) in [4.78, 5) is 21.6. The molecule has 0 atom stereocenters. The van der Waals surface area contributed by atoms with Gasteiger partial charge in [-0.2, -0.15) is 0 Å². The van der Waals surface area contributed by atoms with Gasteiger partial charge in [-0.15, -0.1) is 35.1 Å². The molecule has 0 radical (unpaired) electrons. The average molecular weight is 500 g/mol. The van der Waals surface area contributed by atoms with Crippen LogP contribution in [0.15, 0.2) is 48.5 Å². The van der Waals surface area contributed by atoms with Crippen LogP contribution in [0.25, 0.3) is 20.8 Å². The van der Waals surface area contributed by atoms with Gasteiger partial charge in [0.2, 0.25) is 0 Å². The number of benzene rings is 2. The van der Waals surface area contributed by atoms with Crippen molar-refractivity contribution in [2.45, 2.75) is 32.9 Å². The summed E-state index contributed by atoms with van der Waals surface area (Å²) >= 11 is 3.36. The molecule has 0 fully saturated rings. The van der Waals surface area contributed by atoms with Crippen LogP contribution in [0, 0.1) is 0 Å². The number of carbonyl (C=O) groups is 1. The highest BCUT2D eigenvalue weighted by molar-refractivity contribution is 7.23. The average Bonchev–Trinajstić information content (AvgIpc) is 3.33. The van der Waals surface area contributed by atoms with E-state index in [0.717, 1.165) is 51.0 Å². The topological polar surface area (TPSA) is 54.5 Å². The molecule has 33 heavy (non-hydrogen) atoms. The van der Waals surface area contributed by atoms with E-state index in [2.05, 4.69) is 23.3 Å². The molecule has 1 aliphatic rings. The van der Waals surface area contributed by atoms with E-state index in [1.807, 2.05) is 56.3 Å². The minimum absolute atomic E-state index is 0. The maximum Gasteiger partial charge on any atom is 0.256 e. The Hall–Kier alpha value is -2.45. The Bertz CT molecular complexity index is 1250. The summed E-state index contributed by atoms with van der Waals surface area (Å²) < 4.78 is 6.86. The van der Waals surface area contributed by atoms with Crippen LogP contribution < -0.4 is 10.1 Å². The van der Waals surface area contributed by atoms with Gasteiger partial charge in [0.1, 0.15) is 15.8 Å². The Kier molecular flexibility index (Phi) is 7.05. The monoisotopic (exact) mass is 499 g/mol. The lowest BCUT2D eigenvalue weighted by Gasteiger charge is -2.22. The quantitative estimate of drug-likeness (QED) is 0.341. The molecule has 2 aromatic heterocycles. The minimum Gasteiger partial charge on any atom is -0.491 e. The number of hydrogen-bond acceptors (Lipinski definition) is 6. The van der Waals surface area contributed by atoms with E-state index in [-0.39, 0.29) is 24.4 Å². The zero-order valence-electron chi connectivity index (χ0n) is 18.8. The SMILES string of the molecule is CC(C)Oc1ccc(C(=O)Nc2sc3c(c2-c2nc4ccccc4s2)CCN(C)C3)cc1.Cl. The molecule has 3 heterocycles. The molecule has 1 aliphatic heterocycles. The van der Waals surface area contributed by atoms with Crippen molar-refractivity contribution in [1.82, 2.24) is 9.88 Å². The predicted octanol–water partition coefficient (Wildman–Crippen LogP) is 6.47. The zero-order valence-corrected chi connectivity index (χ0v) is 21.2. The number of carbonyl (C=O) groups excluding carboxylic acids is 1. The normalized spacial score (nSPS) is 13.6. The number of amides is 1. The van der Waals surface area contributed by atoms with Crippen LogP contribution in [0.4, 0.5) is 5.00 Å². The Morgan fingerprint density at radius 1 is 1.12 bits per heavy atom. The van der Waals surface area contributed by atoms with E-state index < -0.39 is 0 Å². The number of ether oxygens (including phenoxy) is 1. The minimum atomic E-state index is -0.115. The second-order valence-electron chi connectivity index (χ2n) is 8.33. The summed E-state index contributed by atoms with van der Waals surface area (Å²) in [7, 11) is 2.14. The fourth-order valence-corrected chi connectivity index (χ4v) is 6.39. The number of thiazole rings is 1. The standard InChI is InChI=1S/C25H25N3O2S2.ClH/c1-15(2)30-17-10-8-16(9-11-17)23(29)27-25-22(18-12-13-28(3)14-21(18)32-25)24-26-19-6-4-5-7-20(19)31-24;/h4-11,15H,12-14H2,1-3H3,(H,27,29);1H. The molecule has 1 amide bonds. The van der Waals surface area contributed by atoms with E-state index in [4.69, 9.17) is 9.72 Å². The summed E-state index contributed by atoms with van der Waals surface area (Å²) in [5.74, 6) is 0.650. The molecule has 1 N–H and O–H groups in total. The number of likely N-dealkylation sites (N-methyl/N-ethyl adjacent to an activating group) is 1. The summed E-state index contributed by atoms with van der Waals surface area (Å²) in [6.07, 6.45) is 1.06. The molecule has 0 saturated carbocycles. The summed E-state index contributed by atoms with van der Waals surface area (Å²) in [5.41, 5.74) is 4.02. The molecule has 172 valence electrons. The summed E-state index contributed by atoms with van der Waals surface area (Å²) in [6, 6.07) is 15.5. The number of para-hydroxylation sites is 1. The lowest BCUT2D eigenvalue weighted by atomic mass is 10.0. The van der Waals surface area contributed by atoms with Crippen LogP contribution in [0.3, 0.4) is 0 Å². The van der Waals surface area contributed by atoms with Gasteiger partial charge in [-0.05, 0) is 69.3 Å². The number of halogens is 1. The third kappa shape index (κ3) is 4.92. The van der Waals surface area contributed by atoms with Gasteiger partial charge in [-0.3, -0.25) is 4.79 Å². The molecule has 0 unspecified atom stereocenters. The van der Waals surface area contributed by atoms with Crippen molar-refractivity contribution in [3.05, 3.63) is 64.5 Å². The predicted molar refractivity (Wildman–Crippen MR) is 140 cm³/mol. The van der Waals surface area contributed by atoms with Gasteiger partial charge < -0.3 is 15.0 Å². The molecule has 8 heteroatoms. The third-order valence-electron chi connectivity index (χ3n) is 5.47. The molecule has 0 aliphatic carbocycles. The van der Waals surface area contributed by atoms with E-state index in [1.54, 1.807) is 22.7 Å². The Labute approximate surface area is 207 Å².